The van der Waals surface area contributed by atoms with Gasteiger partial charge in [0.15, 0.2) is 0 Å². The molecule has 0 aliphatic carbocycles. The summed E-state index contributed by atoms with van der Waals surface area (Å²) in [4.78, 5) is 0. The molecule has 1 spiro atoms. The largest absolute Gasteiger partial charge is 0.497 e. The van der Waals surface area contributed by atoms with Crippen molar-refractivity contribution in [1.29, 1.82) is 0 Å². The van der Waals surface area contributed by atoms with Crippen molar-refractivity contribution in [2.24, 2.45) is 0 Å². The van der Waals surface area contributed by atoms with E-state index in [9.17, 15) is 0 Å². The number of methoxy groups -OCH3 is 1. The summed E-state index contributed by atoms with van der Waals surface area (Å²) in [6.07, 6.45) is 2.05. The molecular weight excluding hydrogens is 274 g/mol. The Kier molecular flexibility index (Phi) is 3.40. The molecule has 2 aromatic carbocycles. The van der Waals surface area contributed by atoms with Crippen LogP contribution in [0.15, 0.2) is 48.5 Å². The number of nitrogens with one attached hydrogen (secondary N) is 1. The van der Waals surface area contributed by atoms with Gasteiger partial charge in [-0.25, -0.2) is 0 Å². The Balaban J connectivity index is 1.82. The molecule has 1 fully saturated rings. The summed E-state index contributed by atoms with van der Waals surface area (Å²) < 4.78 is 12.1. The monoisotopic (exact) mass is 295 g/mol. The molecule has 0 saturated carbocycles. The topological polar surface area (TPSA) is 30.5 Å². The lowest BCUT2D eigenvalue weighted by atomic mass is 9.83. The third-order valence-corrected chi connectivity index (χ3v) is 4.89. The smallest absolute Gasteiger partial charge is 0.119 e. The van der Waals surface area contributed by atoms with Crippen LogP contribution in [0.1, 0.15) is 35.6 Å². The Hall–Kier alpha value is -1.84. The van der Waals surface area contributed by atoms with Gasteiger partial charge in [-0.05, 0) is 54.8 Å². The summed E-state index contributed by atoms with van der Waals surface area (Å²) in [6, 6.07) is 16.9. The van der Waals surface area contributed by atoms with E-state index in [-0.39, 0.29) is 11.7 Å². The molecule has 1 saturated heterocycles. The predicted molar refractivity (Wildman–Crippen MR) is 86.1 cm³/mol. The zero-order valence-corrected chi connectivity index (χ0v) is 12.8. The predicted octanol–water partition coefficient (Wildman–Crippen LogP) is 3.39. The standard InChI is InChI=1S/C19H21NO2/c1-21-15-7-8-16-17(13-15)19(9-11-20-12-10-19)22-18(16)14-5-3-2-4-6-14/h2-8,13,18,20H,9-12H2,1H3/t18-/m0/s1. The summed E-state index contributed by atoms with van der Waals surface area (Å²) in [5.74, 6) is 0.911. The lowest BCUT2D eigenvalue weighted by Crippen LogP contribution is -2.39. The van der Waals surface area contributed by atoms with Crippen molar-refractivity contribution in [2.75, 3.05) is 20.2 Å². The van der Waals surface area contributed by atoms with Gasteiger partial charge in [-0.2, -0.15) is 0 Å². The molecule has 2 aliphatic rings. The lowest BCUT2D eigenvalue weighted by molar-refractivity contribution is -0.0799. The van der Waals surface area contributed by atoms with Gasteiger partial charge >= 0.3 is 0 Å². The highest BCUT2D eigenvalue weighted by Gasteiger charge is 2.46. The van der Waals surface area contributed by atoms with Gasteiger partial charge in [0.2, 0.25) is 0 Å². The summed E-state index contributed by atoms with van der Waals surface area (Å²) in [5, 5.41) is 3.44. The second-order valence-corrected chi connectivity index (χ2v) is 6.11. The number of benzene rings is 2. The van der Waals surface area contributed by atoms with E-state index < -0.39 is 0 Å². The molecule has 22 heavy (non-hydrogen) atoms. The van der Waals surface area contributed by atoms with Crippen LogP contribution < -0.4 is 10.1 Å². The Bertz CT molecular complexity index is 662. The SMILES string of the molecule is COc1ccc2c(c1)C1(CCNCC1)O[C@H]2c1ccccc1. The van der Waals surface area contributed by atoms with Gasteiger partial charge in [-0.3, -0.25) is 0 Å². The van der Waals surface area contributed by atoms with Gasteiger partial charge < -0.3 is 14.8 Å². The van der Waals surface area contributed by atoms with E-state index in [4.69, 9.17) is 9.47 Å². The van der Waals surface area contributed by atoms with E-state index in [0.29, 0.717) is 0 Å². The van der Waals surface area contributed by atoms with Gasteiger partial charge in [-0.15, -0.1) is 0 Å². The molecule has 114 valence electrons. The van der Waals surface area contributed by atoms with Crippen molar-refractivity contribution in [1.82, 2.24) is 5.32 Å². The fourth-order valence-corrected chi connectivity index (χ4v) is 3.73. The van der Waals surface area contributed by atoms with E-state index in [1.165, 1.54) is 16.7 Å². The van der Waals surface area contributed by atoms with Crippen molar-refractivity contribution in [3.05, 3.63) is 65.2 Å². The molecule has 2 aromatic rings. The van der Waals surface area contributed by atoms with Gasteiger partial charge in [0, 0.05) is 0 Å². The molecule has 3 nitrogen and oxygen atoms in total. The average molecular weight is 295 g/mol. The van der Waals surface area contributed by atoms with Crippen molar-refractivity contribution in [2.45, 2.75) is 24.5 Å². The number of piperidine rings is 1. The Morgan fingerprint density at radius 1 is 1.09 bits per heavy atom. The highest BCUT2D eigenvalue weighted by atomic mass is 16.5. The minimum Gasteiger partial charge on any atom is -0.497 e. The fourth-order valence-electron chi connectivity index (χ4n) is 3.73. The van der Waals surface area contributed by atoms with E-state index in [2.05, 4.69) is 41.7 Å². The van der Waals surface area contributed by atoms with Gasteiger partial charge in [0.1, 0.15) is 11.9 Å². The van der Waals surface area contributed by atoms with E-state index >= 15 is 0 Å². The first kappa shape index (κ1) is 13.8. The third kappa shape index (κ3) is 2.13. The molecule has 1 N–H and O–H groups in total. The normalized spacial score (nSPS) is 22.5. The van der Waals surface area contributed by atoms with Crippen LogP contribution in [-0.4, -0.2) is 20.2 Å². The zero-order valence-electron chi connectivity index (χ0n) is 12.8. The summed E-state index contributed by atoms with van der Waals surface area (Å²) in [5.41, 5.74) is 3.65. The molecule has 0 aromatic heterocycles. The van der Waals surface area contributed by atoms with Crippen LogP contribution in [0.5, 0.6) is 5.75 Å². The number of rotatable bonds is 2. The molecule has 1 atom stereocenters. The quantitative estimate of drug-likeness (QED) is 0.921. The van der Waals surface area contributed by atoms with Gasteiger partial charge in [0.25, 0.3) is 0 Å². The molecular formula is C19H21NO2. The third-order valence-electron chi connectivity index (χ3n) is 4.89. The van der Waals surface area contributed by atoms with E-state index in [0.717, 1.165) is 31.7 Å². The van der Waals surface area contributed by atoms with E-state index in [1.807, 2.05) is 12.1 Å². The zero-order chi connectivity index (χ0) is 15.0. The van der Waals surface area contributed by atoms with Crippen molar-refractivity contribution >= 4 is 0 Å². The minimum absolute atomic E-state index is 0.0280. The van der Waals surface area contributed by atoms with Gasteiger partial charge in [0.05, 0.1) is 12.7 Å². The van der Waals surface area contributed by atoms with E-state index in [1.54, 1.807) is 7.11 Å². The summed E-state index contributed by atoms with van der Waals surface area (Å²) >= 11 is 0. The molecule has 2 aliphatic heterocycles. The summed E-state index contributed by atoms with van der Waals surface area (Å²) in [6.45, 7) is 2.00. The van der Waals surface area contributed by atoms with Crippen molar-refractivity contribution < 1.29 is 9.47 Å². The van der Waals surface area contributed by atoms with Crippen LogP contribution in [0.2, 0.25) is 0 Å². The maximum absolute atomic E-state index is 6.65. The fraction of sp³-hybridized carbons (Fsp3) is 0.368. The molecule has 2 heterocycles. The first-order valence-corrected chi connectivity index (χ1v) is 7.94. The minimum atomic E-state index is -0.171. The van der Waals surface area contributed by atoms with Gasteiger partial charge in [-0.1, -0.05) is 36.4 Å². The van der Waals surface area contributed by atoms with Crippen LogP contribution in [-0.2, 0) is 10.3 Å². The highest BCUT2D eigenvalue weighted by molar-refractivity contribution is 5.47. The highest BCUT2D eigenvalue weighted by Crippen LogP contribution is 2.51. The molecule has 0 bridgehead atoms. The van der Waals surface area contributed by atoms with Crippen molar-refractivity contribution in [3.63, 3.8) is 0 Å². The maximum Gasteiger partial charge on any atom is 0.119 e. The van der Waals surface area contributed by atoms with Crippen LogP contribution in [0.25, 0.3) is 0 Å². The first-order chi connectivity index (χ1) is 10.8. The lowest BCUT2D eigenvalue weighted by Gasteiger charge is -2.35. The Morgan fingerprint density at radius 3 is 2.59 bits per heavy atom. The molecule has 0 amide bonds. The number of hydrogen-bond acceptors (Lipinski definition) is 3. The van der Waals surface area contributed by atoms with Crippen LogP contribution in [0.4, 0.5) is 0 Å². The number of fused-ring (bicyclic) bond motifs is 2. The second-order valence-electron chi connectivity index (χ2n) is 6.11. The average Bonchev–Trinajstić information content (AvgIpc) is 2.90. The first-order valence-electron chi connectivity index (χ1n) is 7.94. The molecule has 0 radical (unpaired) electrons. The van der Waals surface area contributed by atoms with Crippen LogP contribution >= 0.6 is 0 Å². The number of hydrogen-bond donors (Lipinski definition) is 1. The second kappa shape index (κ2) is 5.41. The van der Waals surface area contributed by atoms with Crippen molar-refractivity contribution in [3.8, 4) is 5.75 Å². The van der Waals surface area contributed by atoms with Crippen LogP contribution in [0, 0.1) is 0 Å². The number of ether oxygens (including phenoxy) is 2. The Labute approximate surface area is 131 Å². The molecule has 0 unspecified atom stereocenters. The maximum atomic E-state index is 6.65. The molecule has 4 rings (SSSR count). The Morgan fingerprint density at radius 2 is 1.86 bits per heavy atom. The van der Waals surface area contributed by atoms with Crippen LogP contribution in [0.3, 0.4) is 0 Å². The molecule has 3 heteroatoms. The summed E-state index contributed by atoms with van der Waals surface area (Å²) in [7, 11) is 1.72.